The first-order chi connectivity index (χ1) is 9.72. The molecule has 0 aromatic heterocycles. The average Bonchev–Trinajstić information content (AvgIpc) is 2.41. The van der Waals surface area contributed by atoms with Gasteiger partial charge in [0.1, 0.15) is 11.6 Å². The molecule has 0 bridgehead atoms. The Hall–Kier alpha value is -2.02. The number of halogens is 2. The fraction of sp³-hybridized carbons (Fsp3) is 0.429. The number of nitrogens with zero attached hydrogens (tertiary/aromatic N) is 2. The minimum atomic E-state index is -0.719. The van der Waals surface area contributed by atoms with Crippen molar-refractivity contribution in [2.75, 3.05) is 33.0 Å². The van der Waals surface area contributed by atoms with Gasteiger partial charge in [0, 0.05) is 20.2 Å². The van der Waals surface area contributed by atoms with Gasteiger partial charge >= 0.3 is 0 Å². The Morgan fingerprint density at radius 2 is 1.86 bits per heavy atom. The van der Waals surface area contributed by atoms with Gasteiger partial charge in [-0.15, -0.1) is 0 Å². The minimum Gasteiger partial charge on any atom is -0.348 e. The molecule has 0 saturated heterocycles. The molecule has 0 aliphatic carbocycles. The van der Waals surface area contributed by atoms with Gasteiger partial charge in [-0.05, 0) is 26.1 Å². The zero-order valence-corrected chi connectivity index (χ0v) is 12.5. The lowest BCUT2D eigenvalue weighted by atomic mass is 10.2. The van der Waals surface area contributed by atoms with Crippen LogP contribution in [0.5, 0.6) is 0 Å². The monoisotopic (exact) mass is 299 g/mol. The molecule has 21 heavy (non-hydrogen) atoms. The van der Waals surface area contributed by atoms with Gasteiger partial charge in [0.2, 0.25) is 11.8 Å². The van der Waals surface area contributed by atoms with E-state index in [1.54, 1.807) is 28.1 Å². The van der Waals surface area contributed by atoms with Crippen LogP contribution in [0.3, 0.4) is 0 Å². The fourth-order valence-corrected chi connectivity index (χ4v) is 1.52. The van der Waals surface area contributed by atoms with Gasteiger partial charge < -0.3 is 10.2 Å². The number of likely N-dealkylation sites (N-methyl/N-ethyl adjacent to an activating group) is 2. The molecule has 116 valence electrons. The molecular formula is C14H19F2N3O2. The van der Waals surface area contributed by atoms with Crippen molar-refractivity contribution >= 4 is 17.5 Å². The third-order valence-corrected chi connectivity index (χ3v) is 3.11. The summed E-state index contributed by atoms with van der Waals surface area (Å²) in [4.78, 5) is 26.5. The zero-order chi connectivity index (χ0) is 16.2. The number of hydrogen-bond donors (Lipinski definition) is 1. The Bertz CT molecular complexity index is 535. The molecule has 1 atom stereocenters. The van der Waals surface area contributed by atoms with Gasteiger partial charge in [-0.2, -0.15) is 0 Å². The Labute approximate surface area is 122 Å². The highest BCUT2D eigenvalue weighted by Gasteiger charge is 2.21. The third-order valence-electron chi connectivity index (χ3n) is 3.11. The lowest BCUT2D eigenvalue weighted by Crippen LogP contribution is -2.44. The summed E-state index contributed by atoms with van der Waals surface area (Å²) in [5.74, 6) is -2.04. The maximum atomic E-state index is 13.5. The molecular weight excluding hydrogens is 280 g/mol. The summed E-state index contributed by atoms with van der Waals surface area (Å²) >= 11 is 0. The van der Waals surface area contributed by atoms with Crippen molar-refractivity contribution in [3.63, 3.8) is 0 Å². The molecule has 0 saturated carbocycles. The van der Waals surface area contributed by atoms with E-state index >= 15 is 0 Å². The number of carbonyl (C=O) groups excluding carboxylic acids is 2. The molecule has 0 aliphatic rings. The highest BCUT2D eigenvalue weighted by atomic mass is 19.1. The van der Waals surface area contributed by atoms with E-state index in [1.807, 2.05) is 0 Å². The number of benzene rings is 1. The van der Waals surface area contributed by atoms with Gasteiger partial charge in [-0.3, -0.25) is 14.5 Å². The van der Waals surface area contributed by atoms with Crippen LogP contribution < -0.4 is 5.32 Å². The van der Waals surface area contributed by atoms with Crippen LogP contribution in [0.2, 0.25) is 0 Å². The number of rotatable bonds is 5. The van der Waals surface area contributed by atoms with Crippen molar-refractivity contribution in [3.8, 4) is 0 Å². The second-order valence-electron chi connectivity index (χ2n) is 4.99. The van der Waals surface area contributed by atoms with E-state index in [-0.39, 0.29) is 18.1 Å². The van der Waals surface area contributed by atoms with Crippen LogP contribution in [-0.2, 0) is 9.59 Å². The number of amides is 2. The van der Waals surface area contributed by atoms with Crippen molar-refractivity contribution in [1.82, 2.24) is 9.80 Å². The molecule has 0 fully saturated rings. The summed E-state index contributed by atoms with van der Waals surface area (Å²) in [7, 11) is 4.83. The smallest absolute Gasteiger partial charge is 0.241 e. The van der Waals surface area contributed by atoms with Crippen LogP contribution in [-0.4, -0.2) is 55.3 Å². The lowest BCUT2D eigenvalue weighted by Gasteiger charge is -2.24. The first-order valence-electron chi connectivity index (χ1n) is 6.38. The average molecular weight is 299 g/mol. The van der Waals surface area contributed by atoms with E-state index in [0.717, 1.165) is 18.2 Å². The van der Waals surface area contributed by atoms with Crippen LogP contribution in [0.25, 0.3) is 0 Å². The molecule has 0 heterocycles. The Morgan fingerprint density at radius 1 is 1.24 bits per heavy atom. The van der Waals surface area contributed by atoms with E-state index in [2.05, 4.69) is 5.32 Å². The summed E-state index contributed by atoms with van der Waals surface area (Å²) in [6.07, 6.45) is 0. The summed E-state index contributed by atoms with van der Waals surface area (Å²) in [5.41, 5.74) is -0.223. The summed E-state index contributed by atoms with van der Waals surface area (Å²) in [6.45, 7) is 1.63. The fourth-order valence-electron chi connectivity index (χ4n) is 1.52. The standard InChI is InChI=1S/C14H19F2N3O2/c1-9(19(4)8-13(20)18(2)3)14(21)17-12-7-10(15)5-6-11(12)16/h5-7,9H,8H2,1-4H3,(H,17,21). The predicted octanol–water partition coefficient (Wildman–Crippen LogP) is 1.31. The number of carbonyl (C=O) groups is 2. The van der Waals surface area contributed by atoms with Crippen molar-refractivity contribution in [2.45, 2.75) is 13.0 Å². The van der Waals surface area contributed by atoms with Crippen LogP contribution in [0, 0.1) is 11.6 Å². The first kappa shape index (κ1) is 17.0. The molecule has 1 aromatic rings. The van der Waals surface area contributed by atoms with Gasteiger partial charge in [0.25, 0.3) is 0 Å². The maximum absolute atomic E-state index is 13.5. The number of nitrogens with one attached hydrogen (secondary N) is 1. The predicted molar refractivity (Wildman–Crippen MR) is 75.8 cm³/mol. The van der Waals surface area contributed by atoms with Crippen molar-refractivity contribution < 1.29 is 18.4 Å². The van der Waals surface area contributed by atoms with Crippen molar-refractivity contribution in [3.05, 3.63) is 29.8 Å². The second kappa shape index (κ2) is 7.12. The van der Waals surface area contributed by atoms with Crippen LogP contribution in [0.1, 0.15) is 6.92 Å². The molecule has 0 spiro atoms. The number of hydrogen-bond acceptors (Lipinski definition) is 3. The largest absolute Gasteiger partial charge is 0.348 e. The molecule has 0 radical (unpaired) electrons. The minimum absolute atomic E-state index is 0.0488. The van der Waals surface area contributed by atoms with Crippen LogP contribution in [0.15, 0.2) is 18.2 Å². The van der Waals surface area contributed by atoms with E-state index < -0.39 is 23.6 Å². The summed E-state index contributed by atoms with van der Waals surface area (Å²) in [5, 5.41) is 2.31. The molecule has 2 amide bonds. The Morgan fingerprint density at radius 3 is 2.43 bits per heavy atom. The highest BCUT2D eigenvalue weighted by molar-refractivity contribution is 5.95. The van der Waals surface area contributed by atoms with E-state index in [4.69, 9.17) is 0 Å². The third kappa shape index (κ3) is 4.78. The van der Waals surface area contributed by atoms with Crippen LogP contribution >= 0.6 is 0 Å². The second-order valence-corrected chi connectivity index (χ2v) is 4.99. The van der Waals surface area contributed by atoms with Gasteiger partial charge in [0.05, 0.1) is 18.3 Å². The van der Waals surface area contributed by atoms with Gasteiger partial charge in [-0.25, -0.2) is 8.78 Å². The quantitative estimate of drug-likeness (QED) is 0.892. The molecule has 1 aromatic carbocycles. The Balaban J connectivity index is 2.70. The number of anilines is 1. The molecule has 1 unspecified atom stereocenters. The molecule has 7 heteroatoms. The Kier molecular flexibility index (Phi) is 5.78. The van der Waals surface area contributed by atoms with E-state index in [1.165, 1.54) is 9.80 Å². The maximum Gasteiger partial charge on any atom is 0.241 e. The summed E-state index contributed by atoms with van der Waals surface area (Å²) in [6, 6.07) is 2.15. The van der Waals surface area contributed by atoms with Gasteiger partial charge in [0.15, 0.2) is 0 Å². The summed E-state index contributed by atoms with van der Waals surface area (Å²) < 4.78 is 26.5. The topological polar surface area (TPSA) is 52.7 Å². The van der Waals surface area contributed by atoms with E-state index in [0.29, 0.717) is 0 Å². The molecule has 0 aliphatic heterocycles. The van der Waals surface area contributed by atoms with Crippen molar-refractivity contribution in [1.29, 1.82) is 0 Å². The van der Waals surface area contributed by atoms with Crippen LogP contribution in [0.4, 0.5) is 14.5 Å². The van der Waals surface area contributed by atoms with Gasteiger partial charge in [-0.1, -0.05) is 0 Å². The highest BCUT2D eigenvalue weighted by Crippen LogP contribution is 2.16. The molecule has 1 rings (SSSR count). The first-order valence-corrected chi connectivity index (χ1v) is 6.38. The molecule has 5 nitrogen and oxygen atoms in total. The van der Waals surface area contributed by atoms with Crippen molar-refractivity contribution in [2.24, 2.45) is 0 Å². The molecule has 1 N–H and O–H groups in total. The SMILES string of the molecule is CC(C(=O)Nc1cc(F)ccc1F)N(C)CC(=O)N(C)C. The normalized spacial score (nSPS) is 12.1. The zero-order valence-electron chi connectivity index (χ0n) is 12.5. The lowest BCUT2D eigenvalue weighted by molar-refractivity contribution is -0.131. The van der Waals surface area contributed by atoms with E-state index in [9.17, 15) is 18.4 Å².